The number of epoxide rings is 1. The second-order valence-corrected chi connectivity index (χ2v) is 11.3. The van der Waals surface area contributed by atoms with Crippen LogP contribution in [0.25, 0.3) is 0 Å². The zero-order valence-corrected chi connectivity index (χ0v) is 22.1. The van der Waals surface area contributed by atoms with Crippen molar-refractivity contribution in [3.05, 3.63) is 93.2 Å². The average Bonchev–Trinajstić information content (AvgIpc) is 3.74. The van der Waals surface area contributed by atoms with Crippen LogP contribution in [0.3, 0.4) is 0 Å². The molecule has 0 spiro atoms. The minimum absolute atomic E-state index is 0.106. The summed E-state index contributed by atoms with van der Waals surface area (Å²) >= 11 is 25.2. The minimum Gasteiger partial charge on any atom is -0.347 e. The lowest BCUT2D eigenvalue weighted by molar-refractivity contribution is -0.117. The fourth-order valence-electron chi connectivity index (χ4n) is 4.52. The molecular formula is C26H19Cl4F3N2O2. The predicted octanol–water partition coefficient (Wildman–Crippen LogP) is 8.13. The molecule has 4 unspecified atom stereocenters. The number of carbonyl (C=O) groups excluding carboxylic acids is 1. The van der Waals surface area contributed by atoms with E-state index in [9.17, 15) is 18.0 Å². The largest absolute Gasteiger partial charge is 0.347 e. The fraction of sp³-hybridized carbons (Fsp3) is 0.269. The summed E-state index contributed by atoms with van der Waals surface area (Å²) in [5.74, 6) is -2.40. The Morgan fingerprint density at radius 1 is 1.05 bits per heavy atom. The topological polar surface area (TPSA) is 44.9 Å². The van der Waals surface area contributed by atoms with Crippen LogP contribution >= 0.6 is 46.4 Å². The molecule has 3 aromatic rings. The third-order valence-corrected chi connectivity index (χ3v) is 8.05. The van der Waals surface area contributed by atoms with E-state index in [0.29, 0.717) is 21.8 Å². The van der Waals surface area contributed by atoms with Gasteiger partial charge in [0.05, 0.1) is 5.92 Å². The maximum absolute atomic E-state index is 13.3. The summed E-state index contributed by atoms with van der Waals surface area (Å²) in [4.78, 5) is 14.9. The molecule has 1 aliphatic carbocycles. The van der Waals surface area contributed by atoms with Gasteiger partial charge in [-0.05, 0) is 66.2 Å². The Kier molecular flexibility index (Phi) is 7.05. The van der Waals surface area contributed by atoms with Crippen LogP contribution in [0.5, 0.6) is 0 Å². The molecule has 37 heavy (non-hydrogen) atoms. The number of rotatable bonds is 7. The van der Waals surface area contributed by atoms with Gasteiger partial charge in [0, 0.05) is 45.5 Å². The molecule has 1 amide bonds. The van der Waals surface area contributed by atoms with E-state index in [1.165, 1.54) is 24.3 Å². The number of amides is 1. The standard InChI is InChI=1S/C26H19Cl4F3N2O2/c1-35(17-5-2-15(31)3-6-17)25-22(37-25)18-11-16(4-7-19(18)28)34-24(36)21-20(26(21,29)30)12-8-13(23(32)33)10-14(27)9-12/h2-11,20-23,25H,1H3,(H,34,36). The number of hydrogen-bond donors (Lipinski definition) is 1. The highest BCUT2D eigenvalue weighted by molar-refractivity contribution is 6.53. The number of carbonyl (C=O) groups is 1. The lowest BCUT2D eigenvalue weighted by Gasteiger charge is -2.17. The molecule has 1 saturated carbocycles. The highest BCUT2D eigenvalue weighted by atomic mass is 35.5. The normalized spacial score (nSPS) is 23.6. The first-order chi connectivity index (χ1) is 17.5. The van der Waals surface area contributed by atoms with E-state index in [2.05, 4.69) is 5.32 Å². The van der Waals surface area contributed by atoms with Crippen LogP contribution in [-0.2, 0) is 9.53 Å². The molecule has 0 aromatic heterocycles. The summed E-state index contributed by atoms with van der Waals surface area (Å²) in [6.07, 6.45) is -3.43. The molecule has 0 bridgehead atoms. The SMILES string of the molecule is CN(c1ccc(F)cc1)C1OC1c1cc(NC(=O)C2C(c3cc(Cl)cc(C(F)F)c3)C2(Cl)Cl)ccc1Cl. The van der Waals surface area contributed by atoms with E-state index < -0.39 is 28.5 Å². The van der Waals surface area contributed by atoms with E-state index >= 15 is 0 Å². The molecule has 4 nitrogen and oxygen atoms in total. The van der Waals surface area contributed by atoms with Gasteiger partial charge in [-0.2, -0.15) is 0 Å². The van der Waals surface area contributed by atoms with Crippen LogP contribution < -0.4 is 10.2 Å². The van der Waals surface area contributed by atoms with Crippen molar-refractivity contribution in [1.29, 1.82) is 0 Å². The fourth-order valence-corrected chi connectivity index (χ4v) is 5.82. The Hall–Kier alpha value is -2.16. The van der Waals surface area contributed by atoms with Crippen molar-refractivity contribution < 1.29 is 22.7 Å². The number of likely N-dealkylation sites (N-methyl/N-ethyl adjacent to an activating group) is 1. The van der Waals surface area contributed by atoms with E-state index in [1.807, 2.05) is 11.9 Å². The smallest absolute Gasteiger partial charge is 0.263 e. The lowest BCUT2D eigenvalue weighted by atomic mass is 10.1. The summed E-state index contributed by atoms with van der Waals surface area (Å²) < 4.78 is 44.1. The number of nitrogens with zero attached hydrogens (tertiary/aromatic N) is 1. The quantitative estimate of drug-likeness (QED) is 0.223. The third kappa shape index (κ3) is 5.25. The van der Waals surface area contributed by atoms with Gasteiger partial charge in [-0.15, -0.1) is 23.2 Å². The Balaban J connectivity index is 1.30. The summed E-state index contributed by atoms with van der Waals surface area (Å²) in [7, 11) is 1.82. The van der Waals surface area contributed by atoms with Crippen molar-refractivity contribution in [3.63, 3.8) is 0 Å². The number of anilines is 2. The lowest BCUT2D eigenvalue weighted by Crippen LogP contribution is -2.21. The first kappa shape index (κ1) is 26.4. The minimum atomic E-state index is -2.73. The molecule has 1 N–H and O–H groups in total. The van der Waals surface area contributed by atoms with E-state index in [1.54, 1.807) is 30.3 Å². The number of hydrogen-bond acceptors (Lipinski definition) is 3. The van der Waals surface area contributed by atoms with Gasteiger partial charge in [-0.3, -0.25) is 4.79 Å². The van der Waals surface area contributed by atoms with Gasteiger partial charge in [-0.25, -0.2) is 13.2 Å². The van der Waals surface area contributed by atoms with Gasteiger partial charge < -0.3 is 15.0 Å². The molecule has 2 aliphatic rings. The van der Waals surface area contributed by atoms with Gasteiger partial charge in [0.15, 0.2) is 6.23 Å². The number of nitrogens with one attached hydrogen (secondary N) is 1. The summed E-state index contributed by atoms with van der Waals surface area (Å²) in [5, 5.41) is 3.34. The molecule has 11 heteroatoms. The molecule has 2 fully saturated rings. The molecule has 5 rings (SSSR count). The maximum Gasteiger partial charge on any atom is 0.263 e. The van der Waals surface area contributed by atoms with Crippen molar-refractivity contribution in [2.45, 2.75) is 29.0 Å². The van der Waals surface area contributed by atoms with Crippen LogP contribution in [0.2, 0.25) is 10.0 Å². The number of ether oxygens (including phenoxy) is 1. The van der Waals surface area contributed by atoms with Crippen LogP contribution in [0.15, 0.2) is 60.7 Å². The first-order valence-electron chi connectivity index (χ1n) is 11.2. The Labute approximate surface area is 231 Å². The summed E-state index contributed by atoms with van der Waals surface area (Å²) in [6.45, 7) is 0. The molecule has 4 atom stereocenters. The van der Waals surface area contributed by atoms with E-state index in [4.69, 9.17) is 51.1 Å². The van der Waals surface area contributed by atoms with E-state index in [0.717, 1.165) is 11.8 Å². The Morgan fingerprint density at radius 2 is 1.76 bits per heavy atom. The van der Waals surface area contributed by atoms with Crippen molar-refractivity contribution in [1.82, 2.24) is 0 Å². The number of halogens is 7. The van der Waals surface area contributed by atoms with Crippen molar-refractivity contribution in [2.75, 3.05) is 17.3 Å². The summed E-state index contributed by atoms with van der Waals surface area (Å²) in [6, 6.07) is 14.9. The van der Waals surface area contributed by atoms with Gasteiger partial charge in [0.1, 0.15) is 16.3 Å². The van der Waals surface area contributed by atoms with Gasteiger partial charge in [0.25, 0.3) is 6.43 Å². The van der Waals surface area contributed by atoms with Crippen LogP contribution in [0.1, 0.15) is 35.1 Å². The second-order valence-electron chi connectivity index (χ2n) is 9.01. The predicted molar refractivity (Wildman–Crippen MR) is 140 cm³/mol. The molecule has 3 aromatic carbocycles. The van der Waals surface area contributed by atoms with Gasteiger partial charge in [-0.1, -0.05) is 23.2 Å². The third-order valence-electron chi connectivity index (χ3n) is 6.54. The highest BCUT2D eigenvalue weighted by Gasteiger charge is 2.67. The van der Waals surface area contributed by atoms with Gasteiger partial charge >= 0.3 is 0 Å². The molecule has 194 valence electrons. The first-order valence-corrected chi connectivity index (χ1v) is 12.7. The Morgan fingerprint density at radius 3 is 2.43 bits per heavy atom. The number of benzene rings is 3. The van der Waals surface area contributed by atoms with Crippen molar-refractivity contribution in [2.24, 2.45) is 5.92 Å². The van der Waals surface area contributed by atoms with Gasteiger partial charge in [0.2, 0.25) is 5.91 Å². The average molecular weight is 590 g/mol. The Bertz CT molecular complexity index is 1360. The molecule has 1 aliphatic heterocycles. The van der Waals surface area contributed by atoms with Crippen molar-refractivity contribution >= 4 is 63.7 Å². The molecule has 0 radical (unpaired) electrons. The monoisotopic (exact) mass is 588 g/mol. The zero-order chi connectivity index (χ0) is 26.6. The van der Waals surface area contributed by atoms with Crippen LogP contribution in [-0.4, -0.2) is 23.5 Å². The van der Waals surface area contributed by atoms with Crippen LogP contribution in [0, 0.1) is 11.7 Å². The maximum atomic E-state index is 13.3. The zero-order valence-electron chi connectivity index (χ0n) is 19.1. The second kappa shape index (κ2) is 9.86. The molecule has 1 saturated heterocycles. The highest BCUT2D eigenvalue weighted by Crippen LogP contribution is 2.65. The van der Waals surface area contributed by atoms with Crippen molar-refractivity contribution in [3.8, 4) is 0 Å². The summed E-state index contributed by atoms with van der Waals surface area (Å²) in [5.41, 5.74) is 1.96. The van der Waals surface area contributed by atoms with E-state index in [-0.39, 0.29) is 28.7 Å². The number of alkyl halides is 4. The molecular weight excluding hydrogens is 571 g/mol. The molecule has 1 heterocycles. The van der Waals surface area contributed by atoms with Crippen LogP contribution in [0.4, 0.5) is 24.5 Å².